The minimum Gasteiger partial charge on any atom is -0.472 e. The van der Waals surface area contributed by atoms with Crippen molar-refractivity contribution < 1.29 is 38.5 Å². The van der Waals surface area contributed by atoms with Gasteiger partial charge in [0, 0.05) is 28.2 Å². The third kappa shape index (κ3) is 3.08. The number of hydrogen-bond acceptors (Lipinski definition) is 8. The average Bonchev–Trinajstić information content (AvgIpc) is 3.34. The van der Waals surface area contributed by atoms with Crippen LogP contribution in [0, 0.1) is 34.0 Å². The van der Waals surface area contributed by atoms with Crippen molar-refractivity contribution in [3.05, 3.63) is 35.3 Å². The van der Waals surface area contributed by atoms with Crippen molar-refractivity contribution in [1.29, 1.82) is 0 Å². The molecule has 0 unspecified atom stereocenters. The molecule has 8 nitrogen and oxygen atoms in total. The number of ether oxygens (including phenoxy) is 2. The fourth-order valence-electron chi connectivity index (χ4n) is 8.18. The van der Waals surface area contributed by atoms with Crippen LogP contribution in [-0.4, -0.2) is 47.3 Å². The zero-order chi connectivity index (χ0) is 25.5. The standard InChI is InChI=1S/C27H34O8/c1-25(2)20(19(29)24(32)33-5)27(4)16-6-8-26(3)17(14(16)10-15(21(25)30)22(27)31)11-18(28)35-23(26)13-7-9-34-12-13/h7,9,12,15-16,19-21,23,29-30H,6,8,10-11H2,1-5H3/t15-,16+,19+,20-,21-,23-,26-,27+/m0/s1. The van der Waals surface area contributed by atoms with E-state index in [1.165, 1.54) is 7.11 Å². The number of hydrogen-bond donors (Lipinski definition) is 2. The number of aliphatic hydroxyl groups is 2. The van der Waals surface area contributed by atoms with Crippen LogP contribution in [0.25, 0.3) is 0 Å². The average molecular weight is 487 g/mol. The Morgan fingerprint density at radius 3 is 2.57 bits per heavy atom. The molecule has 35 heavy (non-hydrogen) atoms. The molecule has 1 aromatic heterocycles. The van der Waals surface area contributed by atoms with Gasteiger partial charge in [-0.2, -0.15) is 0 Å². The number of carbonyl (C=O) groups is 3. The van der Waals surface area contributed by atoms with Gasteiger partial charge < -0.3 is 24.1 Å². The van der Waals surface area contributed by atoms with Gasteiger partial charge in [0.1, 0.15) is 11.9 Å². The molecule has 2 heterocycles. The lowest BCUT2D eigenvalue weighted by Gasteiger charge is -2.63. The molecule has 5 rings (SSSR count). The maximum atomic E-state index is 13.9. The number of methoxy groups -OCH3 is 1. The Bertz CT molecular complexity index is 1100. The Balaban J connectivity index is 1.69. The van der Waals surface area contributed by atoms with E-state index in [1.54, 1.807) is 18.6 Å². The summed E-state index contributed by atoms with van der Waals surface area (Å²) in [4.78, 5) is 39.2. The highest BCUT2D eigenvalue weighted by atomic mass is 16.5. The van der Waals surface area contributed by atoms with Crippen molar-refractivity contribution in [2.45, 2.75) is 71.7 Å². The first kappa shape index (κ1) is 24.3. The van der Waals surface area contributed by atoms with Crippen molar-refractivity contribution in [1.82, 2.24) is 0 Å². The normalized spacial score (nSPS) is 40.9. The Morgan fingerprint density at radius 1 is 1.23 bits per heavy atom. The molecular formula is C27H34O8. The van der Waals surface area contributed by atoms with Crippen molar-refractivity contribution in [3.63, 3.8) is 0 Å². The number of allylic oxidation sites excluding steroid dienone is 1. The van der Waals surface area contributed by atoms with Gasteiger partial charge in [0.2, 0.25) is 0 Å². The van der Waals surface area contributed by atoms with Gasteiger partial charge in [-0.1, -0.05) is 33.3 Å². The van der Waals surface area contributed by atoms with Gasteiger partial charge in [-0.15, -0.1) is 0 Å². The monoisotopic (exact) mass is 486 g/mol. The third-order valence-corrected chi connectivity index (χ3v) is 9.83. The van der Waals surface area contributed by atoms with Gasteiger partial charge in [0.25, 0.3) is 0 Å². The largest absolute Gasteiger partial charge is 0.472 e. The van der Waals surface area contributed by atoms with Crippen LogP contribution < -0.4 is 0 Å². The van der Waals surface area contributed by atoms with Crippen LogP contribution in [0.1, 0.15) is 65.0 Å². The summed E-state index contributed by atoms with van der Waals surface area (Å²) in [7, 11) is 1.20. The molecule has 8 atom stereocenters. The molecule has 1 saturated heterocycles. The molecule has 8 heteroatoms. The van der Waals surface area contributed by atoms with Gasteiger partial charge in [-0.05, 0) is 42.2 Å². The van der Waals surface area contributed by atoms with E-state index in [0.29, 0.717) is 19.3 Å². The van der Waals surface area contributed by atoms with E-state index in [0.717, 1.165) is 16.7 Å². The van der Waals surface area contributed by atoms with Gasteiger partial charge >= 0.3 is 11.9 Å². The quantitative estimate of drug-likeness (QED) is 0.493. The van der Waals surface area contributed by atoms with E-state index in [9.17, 15) is 24.6 Å². The lowest BCUT2D eigenvalue weighted by Crippen LogP contribution is -2.68. The number of fused-ring (bicyclic) bond motifs is 5. The molecule has 1 aliphatic heterocycles. The first-order chi connectivity index (χ1) is 16.4. The highest BCUT2D eigenvalue weighted by Gasteiger charge is 2.69. The van der Waals surface area contributed by atoms with Gasteiger partial charge in [-0.3, -0.25) is 9.59 Å². The Morgan fingerprint density at radius 2 is 1.94 bits per heavy atom. The van der Waals surface area contributed by atoms with Crippen LogP contribution in [0.4, 0.5) is 0 Å². The minimum absolute atomic E-state index is 0.122. The highest BCUT2D eigenvalue weighted by molar-refractivity contribution is 5.93. The second kappa shape index (κ2) is 7.77. The van der Waals surface area contributed by atoms with Gasteiger partial charge in [0.05, 0.1) is 32.2 Å². The molecule has 190 valence electrons. The molecule has 0 spiro atoms. The van der Waals surface area contributed by atoms with Crippen LogP contribution in [-0.2, 0) is 23.9 Å². The minimum atomic E-state index is -1.56. The Labute approximate surface area is 204 Å². The van der Waals surface area contributed by atoms with E-state index in [2.05, 4.69) is 6.92 Å². The predicted molar refractivity (Wildman–Crippen MR) is 123 cm³/mol. The number of cyclic esters (lactones) is 1. The molecule has 3 fully saturated rings. The number of rotatable bonds is 3. The number of Topliss-reactive ketones (excluding diaryl/α,β-unsaturated/α-hetero) is 1. The van der Waals surface area contributed by atoms with Crippen molar-refractivity contribution in [3.8, 4) is 0 Å². The molecule has 0 aromatic carbocycles. The number of carbonyl (C=O) groups excluding carboxylic acids is 3. The van der Waals surface area contributed by atoms with Crippen LogP contribution in [0.15, 0.2) is 34.2 Å². The maximum Gasteiger partial charge on any atom is 0.335 e. The SMILES string of the molecule is COC(=O)[C@H](O)[C@H]1C(C)(C)[C@@H](O)[C@@H]2CC3=C4CC(=O)O[C@@H](c5ccoc5)[C@@]4(C)CC[C@H]3[C@@]1(C)C2=O. The smallest absolute Gasteiger partial charge is 0.335 e. The summed E-state index contributed by atoms with van der Waals surface area (Å²) in [5, 5.41) is 22.5. The zero-order valence-electron chi connectivity index (χ0n) is 20.9. The number of ketones is 1. The van der Waals surface area contributed by atoms with Crippen molar-refractivity contribution in [2.75, 3.05) is 7.11 Å². The predicted octanol–water partition coefficient (Wildman–Crippen LogP) is 3.13. The van der Waals surface area contributed by atoms with Gasteiger partial charge in [-0.25, -0.2) is 4.79 Å². The van der Waals surface area contributed by atoms with E-state index in [1.807, 2.05) is 20.8 Å². The summed E-state index contributed by atoms with van der Waals surface area (Å²) >= 11 is 0. The van der Waals surface area contributed by atoms with E-state index < -0.39 is 52.4 Å². The summed E-state index contributed by atoms with van der Waals surface area (Å²) in [5.41, 5.74) is 0.241. The molecule has 0 radical (unpaired) electrons. The first-order valence-electron chi connectivity index (χ1n) is 12.3. The van der Waals surface area contributed by atoms with Crippen LogP contribution in [0.3, 0.4) is 0 Å². The zero-order valence-corrected chi connectivity index (χ0v) is 20.9. The Hall–Kier alpha value is -2.45. The van der Waals surface area contributed by atoms with E-state index >= 15 is 0 Å². The lowest BCUT2D eigenvalue weighted by atomic mass is 9.40. The molecule has 3 aliphatic carbocycles. The lowest BCUT2D eigenvalue weighted by molar-refractivity contribution is -0.203. The van der Waals surface area contributed by atoms with Crippen molar-refractivity contribution in [2.24, 2.45) is 34.0 Å². The van der Waals surface area contributed by atoms with Crippen molar-refractivity contribution >= 4 is 17.7 Å². The summed E-state index contributed by atoms with van der Waals surface area (Å²) in [6.45, 7) is 7.54. The second-order valence-electron chi connectivity index (χ2n) is 11.8. The molecule has 1 aromatic rings. The summed E-state index contributed by atoms with van der Waals surface area (Å²) in [6.07, 6.45) is 1.80. The molecule has 2 N–H and O–H groups in total. The summed E-state index contributed by atoms with van der Waals surface area (Å²) in [6, 6.07) is 1.80. The van der Waals surface area contributed by atoms with Crippen LogP contribution in [0.5, 0.6) is 0 Å². The second-order valence-corrected chi connectivity index (χ2v) is 11.8. The number of furan rings is 1. The van der Waals surface area contributed by atoms with Crippen LogP contribution in [0.2, 0.25) is 0 Å². The molecule has 2 saturated carbocycles. The summed E-state index contributed by atoms with van der Waals surface area (Å²) in [5.74, 6) is -3.07. The molecule has 4 aliphatic rings. The Kier molecular flexibility index (Phi) is 5.39. The van der Waals surface area contributed by atoms with Gasteiger partial charge in [0.15, 0.2) is 6.10 Å². The molecule has 0 amide bonds. The first-order valence-corrected chi connectivity index (χ1v) is 12.3. The molecule has 2 bridgehead atoms. The number of aliphatic hydroxyl groups excluding tert-OH is 2. The fraction of sp³-hybridized carbons (Fsp3) is 0.667. The van der Waals surface area contributed by atoms with E-state index in [-0.39, 0.29) is 24.1 Å². The molecular weight excluding hydrogens is 452 g/mol. The summed E-state index contributed by atoms with van der Waals surface area (Å²) < 4.78 is 16.0. The van der Waals surface area contributed by atoms with E-state index in [4.69, 9.17) is 13.9 Å². The number of esters is 2. The van der Waals surface area contributed by atoms with Crippen LogP contribution >= 0.6 is 0 Å². The highest BCUT2D eigenvalue weighted by Crippen LogP contribution is 2.67. The topological polar surface area (TPSA) is 123 Å². The maximum absolute atomic E-state index is 13.9. The third-order valence-electron chi connectivity index (χ3n) is 9.83. The fourth-order valence-corrected chi connectivity index (χ4v) is 8.18.